The molecule has 14 unspecified atom stereocenters. The minimum Gasteiger partial charge on any atom is -0.463 e. The van der Waals surface area contributed by atoms with E-state index in [1.54, 1.807) is 18.2 Å². The van der Waals surface area contributed by atoms with Gasteiger partial charge in [-0.05, 0) is 17.7 Å². The second kappa shape index (κ2) is 46.3. The Labute approximate surface area is 691 Å². The third-order valence-electron chi connectivity index (χ3n) is 20.8. The van der Waals surface area contributed by atoms with E-state index in [9.17, 15) is 43.9 Å². The van der Waals surface area contributed by atoms with Gasteiger partial charge in [-0.2, -0.15) is 0 Å². The minimum atomic E-state index is -2.02. The molecule has 1 aromatic rings. The molecule has 0 aromatic heterocycles. The van der Waals surface area contributed by atoms with Crippen LogP contribution in [0.1, 0.15) is 58.8 Å². The normalized spacial score (nSPS) is 38.6. The van der Waals surface area contributed by atoms with Crippen LogP contribution in [-0.2, 0) is 195 Å². The molecule has 8 heterocycles. The van der Waals surface area contributed by atoms with Gasteiger partial charge < -0.3 is 161 Å². The Hall–Kier alpha value is -6.75. The highest BCUT2D eigenvalue weighted by Gasteiger charge is 2.63. The predicted molar refractivity (Wildman–Crippen MR) is 389 cm³/mol. The van der Waals surface area contributed by atoms with Gasteiger partial charge in [0.15, 0.2) is 74.6 Å². The highest BCUT2D eigenvalue weighted by molar-refractivity contribution is 5.89. The van der Waals surface area contributed by atoms with E-state index in [1.807, 2.05) is 0 Å². The molecule has 0 radical (unpaired) electrons. The van der Waals surface area contributed by atoms with Crippen LogP contribution >= 0.6 is 0 Å². The predicted octanol–water partition coefficient (Wildman–Crippen LogP) is -0.203. The van der Waals surface area contributed by atoms with Crippen LogP contribution in [0, 0.1) is 0 Å². The maximum Gasteiger partial charge on any atom is 0.338 e. The molecule has 45 nitrogen and oxygen atoms in total. The summed E-state index contributed by atoms with van der Waals surface area (Å²) in [6, 6.07) is 6.96. The number of azide groups is 1. The largest absolute Gasteiger partial charge is 0.463 e. The van der Waals surface area contributed by atoms with Crippen molar-refractivity contribution in [1.29, 1.82) is 0 Å². The van der Waals surface area contributed by atoms with Crippen LogP contribution in [-0.4, -0.2) is 394 Å². The third-order valence-corrected chi connectivity index (χ3v) is 20.8. The Morgan fingerprint density at radius 3 is 0.925 bits per heavy atom. The van der Waals surface area contributed by atoms with E-state index < -0.39 is 282 Å². The van der Waals surface area contributed by atoms with E-state index in [1.165, 1.54) is 97.5 Å². The summed E-state index contributed by atoms with van der Waals surface area (Å²) < 4.78 is 212. The van der Waals surface area contributed by atoms with Crippen molar-refractivity contribution in [2.45, 2.75) is 263 Å². The summed E-state index contributed by atoms with van der Waals surface area (Å²) >= 11 is 0. The number of benzene rings is 1. The monoisotopic (exact) mass is 1730 g/mol. The number of methoxy groups -OCH3 is 12. The first-order valence-electron chi connectivity index (χ1n) is 38.4. The Morgan fingerprint density at radius 1 is 0.325 bits per heavy atom. The molecule has 35 atom stereocenters. The average Bonchev–Trinajstić information content (AvgIpc) is 1.11. The number of rotatable bonds is 40. The molecule has 8 saturated heterocycles. The smallest absolute Gasteiger partial charge is 0.338 e. The van der Waals surface area contributed by atoms with Gasteiger partial charge >= 0.3 is 47.8 Å². The Morgan fingerprint density at radius 2 is 0.608 bits per heavy atom. The molecular weight excluding hydrogens is 1610 g/mol. The summed E-state index contributed by atoms with van der Waals surface area (Å²) in [6.45, 7) is 4.53. The van der Waals surface area contributed by atoms with Gasteiger partial charge in [0.1, 0.15) is 154 Å². The molecule has 0 amide bonds. The van der Waals surface area contributed by atoms with Crippen molar-refractivity contribution < 1.29 is 199 Å². The zero-order valence-corrected chi connectivity index (χ0v) is 70.0. The van der Waals surface area contributed by atoms with E-state index >= 15 is 0 Å². The molecule has 120 heavy (non-hydrogen) atoms. The van der Waals surface area contributed by atoms with Gasteiger partial charge in [0, 0.05) is 139 Å². The van der Waals surface area contributed by atoms with Crippen molar-refractivity contribution >= 4 is 47.8 Å². The number of ether oxygens (including phenoxy) is 34. The molecule has 0 N–H and O–H groups in total. The van der Waals surface area contributed by atoms with E-state index in [0.717, 1.165) is 48.5 Å². The second-order valence-electron chi connectivity index (χ2n) is 28.5. The van der Waals surface area contributed by atoms with Crippen molar-refractivity contribution in [1.82, 2.24) is 0 Å². The lowest BCUT2D eigenvalue weighted by Gasteiger charge is -2.52. The molecule has 0 spiro atoms. The van der Waals surface area contributed by atoms with Gasteiger partial charge in [0.05, 0.1) is 38.1 Å². The summed E-state index contributed by atoms with van der Waals surface area (Å²) in [5, 5.41) is 3.90. The lowest BCUT2D eigenvalue weighted by Crippen LogP contribution is -2.69. The Bertz CT molecular complexity index is 3500. The summed E-state index contributed by atoms with van der Waals surface area (Å²) in [4.78, 5) is 108. The molecule has 1 aromatic carbocycles. The van der Waals surface area contributed by atoms with Crippen LogP contribution in [0.2, 0.25) is 0 Å². The molecule has 9 rings (SSSR count). The summed E-state index contributed by atoms with van der Waals surface area (Å²) in [7, 11) is 16.8. The first-order chi connectivity index (χ1) is 57.6. The van der Waals surface area contributed by atoms with Crippen LogP contribution in [0.15, 0.2) is 35.4 Å². The Kier molecular flexibility index (Phi) is 37.4. The molecule has 8 aliphatic rings. The number of fused-ring (bicyclic) bond motifs is 2. The fraction of sp³-hybridized carbons (Fsp3) is 0.813. The van der Waals surface area contributed by atoms with Crippen LogP contribution in [0.3, 0.4) is 0 Å². The number of carbonyl (C=O) groups is 8. The van der Waals surface area contributed by atoms with Crippen LogP contribution in [0.25, 0.3) is 10.4 Å². The van der Waals surface area contributed by atoms with E-state index in [0.29, 0.717) is 0 Å². The molecular formula is C75H111N3O42. The maximum absolute atomic E-state index is 14.1. The number of esters is 8. The fourth-order valence-corrected chi connectivity index (χ4v) is 15.8. The van der Waals surface area contributed by atoms with E-state index in [-0.39, 0.29) is 32.0 Å². The number of hydrogen-bond acceptors (Lipinski definition) is 43. The zero-order chi connectivity index (χ0) is 87.3. The molecule has 8 aliphatic heterocycles. The SMILES string of the molecule is COCC1O[C@@H](O[C@H]2C(OC)C(OC)[C@@H](O[C@H]3C(OC)C(OC)[C@@H](O[C@H]4C5CO[C@@H](O5)C(N=[N+]=[N-])[C@@H]4OC)O[C@@H]3COC)O[C@@H]2COC)C(OC)[C@@H](OC)[C@H]1O[C@@H]1OC(COC(=O)c2ccccc2)[C@H](O[C@H]2O[C@H](COC(C)=O)[C@@H](O[C@H]3O[C@H](COC(C)=O)[C@@H](OC(C)=O)C(OC(C)=O)C3OC(C)=O)C(OC(C)=O)C2OC(C)=O)[C@H](OC)C1OC. The number of nitrogens with zero attached hydrogens (tertiary/aromatic N) is 3. The first kappa shape index (κ1) is 97.1. The van der Waals surface area contributed by atoms with Gasteiger partial charge in [0.2, 0.25) is 0 Å². The molecule has 8 fully saturated rings. The standard InChI is InChI=1S/C75H111N3O42/c1-32(79)99-28-43-53(103-34(3)81)60(104-35(4)82)66(106-37(6)84)75(113-43)120-54-44(29-100-33(2)80)114-74(67(107-38(7)85)61(54)105-36(5)83)119-52-45(30-101-68(86)39-23-21-20-22-24-39)112-73(65(98-19)59(52)94-15)118-51-42(27-89-10)111-72(64(97-18)58(51)93-14)117-50-41(26-88-9)110-71(63(96-17)57(50)92-13)116-49-40(25-87-8)109-70(62(95-16)56(49)91-12)115-48-46-31-102-69(108-46)47(77-78-76)55(48)90-11/h20-24,40-67,69-75H,25-31H2,1-19H3/t40-,41-,42?,43-,44-,45?,46?,47?,48+,49-,50-,51+,52+,53-,54-,55+,56?,57?,58+,59+,60?,61?,62?,63?,64?,65?,66?,67?,69+,70-,71-,72+,73+,74-,75-/m1/s1. The summed E-state index contributed by atoms with van der Waals surface area (Å²) in [5.74, 6) is -7.62. The second-order valence-corrected chi connectivity index (χ2v) is 28.5. The molecule has 45 heteroatoms. The zero-order valence-electron chi connectivity index (χ0n) is 70.0. The average molecular weight is 1730 g/mol. The van der Waals surface area contributed by atoms with Crippen molar-refractivity contribution in [2.75, 3.05) is 132 Å². The number of hydrogen-bond donors (Lipinski definition) is 0. The van der Waals surface area contributed by atoms with Crippen molar-refractivity contribution in [3.8, 4) is 0 Å². The van der Waals surface area contributed by atoms with Gasteiger partial charge in [-0.15, -0.1) is 0 Å². The highest BCUT2D eigenvalue weighted by atomic mass is 16.8. The number of carbonyl (C=O) groups excluding carboxylic acids is 8. The van der Waals surface area contributed by atoms with Gasteiger partial charge in [-0.25, -0.2) is 4.79 Å². The van der Waals surface area contributed by atoms with Crippen molar-refractivity contribution in [3.63, 3.8) is 0 Å². The van der Waals surface area contributed by atoms with E-state index in [4.69, 9.17) is 161 Å². The topological polar surface area (TPSA) is 499 Å². The first-order valence-corrected chi connectivity index (χ1v) is 38.4. The van der Waals surface area contributed by atoms with Crippen molar-refractivity contribution in [2.24, 2.45) is 5.11 Å². The molecule has 678 valence electrons. The lowest BCUT2D eigenvalue weighted by atomic mass is 9.94. The fourth-order valence-electron chi connectivity index (χ4n) is 15.8. The highest BCUT2D eigenvalue weighted by Crippen LogP contribution is 2.44. The lowest BCUT2D eigenvalue weighted by molar-refractivity contribution is -0.402. The van der Waals surface area contributed by atoms with Crippen LogP contribution in [0.4, 0.5) is 0 Å². The maximum atomic E-state index is 14.1. The molecule has 0 saturated carbocycles. The van der Waals surface area contributed by atoms with Gasteiger partial charge in [-0.1, -0.05) is 23.3 Å². The molecule has 2 bridgehead atoms. The van der Waals surface area contributed by atoms with Crippen LogP contribution in [0.5, 0.6) is 0 Å². The quantitative estimate of drug-likeness (QED) is 0.0270. The van der Waals surface area contributed by atoms with Crippen molar-refractivity contribution in [3.05, 3.63) is 46.3 Å². The summed E-state index contributed by atoms with van der Waals surface area (Å²) in [5.41, 5.74) is 9.58. The van der Waals surface area contributed by atoms with Gasteiger partial charge in [0.25, 0.3) is 0 Å². The Balaban J connectivity index is 1.01. The third kappa shape index (κ3) is 23.6. The van der Waals surface area contributed by atoms with Crippen LogP contribution < -0.4 is 0 Å². The minimum absolute atomic E-state index is 0.0783. The summed E-state index contributed by atoms with van der Waals surface area (Å²) in [6.07, 6.45) is -46.7. The van der Waals surface area contributed by atoms with E-state index in [2.05, 4.69) is 10.0 Å². The molecule has 0 aliphatic carbocycles. The van der Waals surface area contributed by atoms with Gasteiger partial charge in [-0.3, -0.25) is 33.6 Å².